The highest BCUT2D eigenvalue weighted by molar-refractivity contribution is 5.89. The molecule has 1 aromatic heterocycles. The molecule has 0 radical (unpaired) electrons. The van der Waals surface area contributed by atoms with Gasteiger partial charge >= 0.3 is 0 Å². The van der Waals surface area contributed by atoms with E-state index in [-0.39, 0.29) is 12.0 Å². The van der Waals surface area contributed by atoms with E-state index in [2.05, 4.69) is 10.3 Å². The van der Waals surface area contributed by atoms with E-state index in [4.69, 9.17) is 5.73 Å². The molecule has 0 spiro atoms. The number of amides is 2. The number of pyridine rings is 1. The number of hydrogen-bond donors (Lipinski definition) is 3. The molecule has 2 amide bonds. The van der Waals surface area contributed by atoms with Gasteiger partial charge in [-0.05, 0) is 23.1 Å². The Balaban J connectivity index is 1.81. The molecule has 1 atom stereocenters. The molecule has 25 heavy (non-hydrogen) atoms. The summed E-state index contributed by atoms with van der Waals surface area (Å²) in [7, 11) is 0. The predicted molar refractivity (Wildman–Crippen MR) is 94.8 cm³/mol. The standard InChI is InChI=1S/C19H17N3O3/c20-18(24)17(12-6-2-1-3-7-12)22-16(23)11-14-10-13-8-4-5-9-15(13)21-19(14)25/h1-10,17H,11H2,(H2,20,24)(H,21,25)(H,22,23). The van der Waals surface area contributed by atoms with Gasteiger partial charge in [0.2, 0.25) is 11.8 Å². The molecule has 3 aromatic rings. The zero-order valence-electron chi connectivity index (χ0n) is 13.4. The van der Waals surface area contributed by atoms with Gasteiger partial charge in [0.15, 0.2) is 0 Å². The molecule has 0 aliphatic carbocycles. The molecule has 126 valence electrons. The summed E-state index contributed by atoms with van der Waals surface area (Å²) < 4.78 is 0. The molecule has 1 unspecified atom stereocenters. The van der Waals surface area contributed by atoms with Crippen LogP contribution in [0.25, 0.3) is 10.9 Å². The van der Waals surface area contributed by atoms with Crippen LogP contribution in [0.1, 0.15) is 17.2 Å². The first-order chi connectivity index (χ1) is 12.0. The summed E-state index contributed by atoms with van der Waals surface area (Å²) in [6, 6.07) is 16.8. The Morgan fingerprint density at radius 2 is 1.72 bits per heavy atom. The van der Waals surface area contributed by atoms with Crippen molar-refractivity contribution < 1.29 is 9.59 Å². The first-order valence-corrected chi connectivity index (χ1v) is 7.79. The summed E-state index contributed by atoms with van der Waals surface area (Å²) >= 11 is 0. The van der Waals surface area contributed by atoms with Crippen LogP contribution in [0.2, 0.25) is 0 Å². The van der Waals surface area contributed by atoms with E-state index in [0.717, 1.165) is 5.39 Å². The number of carbonyl (C=O) groups excluding carboxylic acids is 2. The maximum absolute atomic E-state index is 12.3. The fourth-order valence-electron chi connectivity index (χ4n) is 2.67. The van der Waals surface area contributed by atoms with Crippen molar-refractivity contribution in [2.24, 2.45) is 5.73 Å². The molecule has 4 N–H and O–H groups in total. The normalized spacial score (nSPS) is 11.8. The zero-order valence-corrected chi connectivity index (χ0v) is 13.4. The smallest absolute Gasteiger partial charge is 0.252 e. The van der Waals surface area contributed by atoms with Crippen LogP contribution < -0.4 is 16.6 Å². The summed E-state index contributed by atoms with van der Waals surface area (Å²) in [5.41, 5.74) is 6.69. The Morgan fingerprint density at radius 3 is 2.44 bits per heavy atom. The lowest BCUT2D eigenvalue weighted by Gasteiger charge is -2.15. The molecule has 0 aliphatic rings. The molecule has 0 aliphatic heterocycles. The summed E-state index contributed by atoms with van der Waals surface area (Å²) in [6.07, 6.45) is -0.142. The first kappa shape index (κ1) is 16.4. The first-order valence-electron chi connectivity index (χ1n) is 7.79. The number of primary amides is 1. The van der Waals surface area contributed by atoms with Crippen LogP contribution in [0.15, 0.2) is 65.5 Å². The molecule has 0 saturated heterocycles. The lowest BCUT2D eigenvalue weighted by Crippen LogP contribution is -2.38. The monoisotopic (exact) mass is 335 g/mol. The van der Waals surface area contributed by atoms with Crippen LogP contribution in [0.4, 0.5) is 0 Å². The molecule has 0 fully saturated rings. The second-order valence-electron chi connectivity index (χ2n) is 5.70. The largest absolute Gasteiger partial charge is 0.368 e. The quantitative estimate of drug-likeness (QED) is 0.656. The summed E-state index contributed by atoms with van der Waals surface area (Å²) in [5, 5.41) is 3.42. The van der Waals surface area contributed by atoms with Crippen molar-refractivity contribution >= 4 is 22.7 Å². The van der Waals surface area contributed by atoms with Gasteiger partial charge in [-0.3, -0.25) is 14.4 Å². The second kappa shape index (κ2) is 7.00. The van der Waals surface area contributed by atoms with E-state index < -0.39 is 17.9 Å². The third-order valence-corrected chi connectivity index (χ3v) is 3.90. The second-order valence-corrected chi connectivity index (χ2v) is 5.70. The van der Waals surface area contributed by atoms with Crippen molar-refractivity contribution in [3.8, 4) is 0 Å². The highest BCUT2D eigenvalue weighted by Gasteiger charge is 2.20. The minimum atomic E-state index is -0.937. The fourth-order valence-corrected chi connectivity index (χ4v) is 2.67. The minimum absolute atomic E-state index is 0.142. The maximum Gasteiger partial charge on any atom is 0.252 e. The third kappa shape index (κ3) is 3.74. The van der Waals surface area contributed by atoms with Gasteiger partial charge in [-0.15, -0.1) is 0 Å². The highest BCUT2D eigenvalue weighted by Crippen LogP contribution is 2.13. The highest BCUT2D eigenvalue weighted by atomic mass is 16.2. The van der Waals surface area contributed by atoms with E-state index in [9.17, 15) is 14.4 Å². The van der Waals surface area contributed by atoms with Crippen molar-refractivity contribution in [3.05, 3.63) is 82.1 Å². The SMILES string of the molecule is NC(=O)C(NC(=O)Cc1cc2ccccc2[nH]c1=O)c1ccccc1. The third-order valence-electron chi connectivity index (χ3n) is 3.90. The van der Waals surface area contributed by atoms with Crippen molar-refractivity contribution in [1.29, 1.82) is 0 Å². The molecule has 2 aromatic carbocycles. The van der Waals surface area contributed by atoms with Gasteiger partial charge in [0, 0.05) is 11.1 Å². The van der Waals surface area contributed by atoms with Crippen LogP contribution in [-0.2, 0) is 16.0 Å². The van der Waals surface area contributed by atoms with Gasteiger partial charge in [0.05, 0.1) is 6.42 Å². The number of nitrogens with two attached hydrogens (primary N) is 1. The number of rotatable bonds is 5. The molecule has 0 bridgehead atoms. The van der Waals surface area contributed by atoms with Crippen molar-refractivity contribution in [2.75, 3.05) is 0 Å². The van der Waals surface area contributed by atoms with Crippen LogP contribution in [-0.4, -0.2) is 16.8 Å². The Kier molecular flexibility index (Phi) is 4.61. The molecule has 6 heteroatoms. The minimum Gasteiger partial charge on any atom is -0.368 e. The van der Waals surface area contributed by atoms with E-state index in [1.54, 1.807) is 42.5 Å². The van der Waals surface area contributed by atoms with Crippen molar-refractivity contribution in [2.45, 2.75) is 12.5 Å². The van der Waals surface area contributed by atoms with Gasteiger partial charge in [-0.25, -0.2) is 0 Å². The van der Waals surface area contributed by atoms with Crippen LogP contribution >= 0.6 is 0 Å². The van der Waals surface area contributed by atoms with Gasteiger partial charge in [0.1, 0.15) is 6.04 Å². The van der Waals surface area contributed by atoms with E-state index in [1.807, 2.05) is 18.2 Å². The molecule has 6 nitrogen and oxygen atoms in total. The fraction of sp³-hybridized carbons (Fsp3) is 0.105. The van der Waals surface area contributed by atoms with Crippen molar-refractivity contribution in [3.63, 3.8) is 0 Å². The average Bonchev–Trinajstić information content (AvgIpc) is 2.61. The van der Waals surface area contributed by atoms with Crippen LogP contribution in [0.3, 0.4) is 0 Å². The van der Waals surface area contributed by atoms with Crippen LogP contribution in [0.5, 0.6) is 0 Å². The maximum atomic E-state index is 12.3. The summed E-state index contributed by atoms with van der Waals surface area (Å²) in [5.74, 6) is -1.11. The lowest BCUT2D eigenvalue weighted by molar-refractivity contribution is -0.127. The molecule has 1 heterocycles. The number of carbonyl (C=O) groups is 2. The Bertz CT molecular complexity index is 980. The molecular weight excluding hydrogens is 318 g/mol. The van der Waals surface area contributed by atoms with Gasteiger partial charge in [0.25, 0.3) is 5.56 Å². The average molecular weight is 335 g/mol. The van der Waals surface area contributed by atoms with Gasteiger partial charge < -0.3 is 16.0 Å². The Morgan fingerprint density at radius 1 is 1.04 bits per heavy atom. The van der Waals surface area contributed by atoms with E-state index in [1.165, 1.54) is 0 Å². The zero-order chi connectivity index (χ0) is 17.8. The van der Waals surface area contributed by atoms with Gasteiger partial charge in [-0.1, -0.05) is 48.5 Å². The molecular formula is C19H17N3O3. The van der Waals surface area contributed by atoms with Crippen molar-refractivity contribution in [1.82, 2.24) is 10.3 Å². The Labute approximate surface area is 143 Å². The summed E-state index contributed by atoms with van der Waals surface area (Å²) in [4.78, 5) is 38.9. The van der Waals surface area contributed by atoms with Crippen LogP contribution in [0, 0.1) is 0 Å². The number of nitrogens with one attached hydrogen (secondary N) is 2. The number of aromatic amines is 1. The lowest BCUT2D eigenvalue weighted by atomic mass is 10.1. The van der Waals surface area contributed by atoms with E-state index in [0.29, 0.717) is 16.6 Å². The molecule has 0 saturated carbocycles. The number of aromatic nitrogens is 1. The van der Waals surface area contributed by atoms with Gasteiger partial charge in [-0.2, -0.15) is 0 Å². The number of H-pyrrole nitrogens is 1. The number of hydrogen-bond acceptors (Lipinski definition) is 3. The molecule has 3 rings (SSSR count). The number of fused-ring (bicyclic) bond motifs is 1. The predicted octanol–water partition coefficient (Wildman–Crippen LogP) is 1.41. The topological polar surface area (TPSA) is 105 Å². The number of benzene rings is 2. The Hall–Kier alpha value is -3.41. The summed E-state index contributed by atoms with van der Waals surface area (Å²) in [6.45, 7) is 0. The van der Waals surface area contributed by atoms with E-state index >= 15 is 0 Å². The number of para-hydroxylation sites is 1.